The van der Waals surface area contributed by atoms with Crippen LogP contribution in [-0.4, -0.2) is 22.7 Å². The molecule has 0 aromatic heterocycles. The molecule has 5 heteroatoms. The summed E-state index contributed by atoms with van der Waals surface area (Å²) in [4.78, 5) is 12.3. The predicted octanol–water partition coefficient (Wildman–Crippen LogP) is 4.49. The molecule has 2 aliphatic heterocycles. The van der Waals surface area contributed by atoms with Crippen LogP contribution in [-0.2, 0) is 13.0 Å². The van der Waals surface area contributed by atoms with Gasteiger partial charge in [-0.1, -0.05) is 39.3 Å². The molecule has 28 heavy (non-hydrogen) atoms. The van der Waals surface area contributed by atoms with Crippen LogP contribution in [0.25, 0.3) is 0 Å². The van der Waals surface area contributed by atoms with Crippen LogP contribution < -0.4 is 10.1 Å². The molecule has 1 aromatic carbocycles. The van der Waals surface area contributed by atoms with Crippen molar-refractivity contribution in [3.63, 3.8) is 0 Å². The molecule has 0 bridgehead atoms. The van der Waals surface area contributed by atoms with Crippen LogP contribution in [0.4, 0.5) is 0 Å². The van der Waals surface area contributed by atoms with Crippen LogP contribution >= 0.6 is 11.6 Å². The first-order valence-corrected chi connectivity index (χ1v) is 11.0. The molecule has 2 N–H and O–H groups in total. The van der Waals surface area contributed by atoms with Gasteiger partial charge >= 0.3 is 0 Å². The monoisotopic (exact) mass is 403 g/mol. The van der Waals surface area contributed by atoms with Crippen LogP contribution in [0.2, 0.25) is 5.02 Å². The third-order valence-electron chi connectivity index (χ3n) is 8.65. The highest BCUT2D eigenvalue weighted by atomic mass is 35.5. The highest BCUT2D eigenvalue weighted by Gasteiger charge is 2.67. The second-order valence-electron chi connectivity index (χ2n) is 10.6. The number of rotatable bonds is 0. The SMILES string of the molecule is CC1CCC2C(C)(C)CC(O)CC23Oc2c(cc(Cl)c4c2CNC4=O)CC13C. The van der Waals surface area contributed by atoms with E-state index < -0.39 is 5.60 Å². The summed E-state index contributed by atoms with van der Waals surface area (Å²) in [5, 5.41) is 14.3. The smallest absolute Gasteiger partial charge is 0.253 e. The number of nitrogens with one attached hydrogen (secondary N) is 1. The number of hydrogen-bond donors (Lipinski definition) is 2. The molecule has 2 fully saturated rings. The van der Waals surface area contributed by atoms with Crippen molar-refractivity contribution in [1.82, 2.24) is 5.32 Å². The number of hydrogen-bond acceptors (Lipinski definition) is 3. The topological polar surface area (TPSA) is 58.6 Å². The minimum Gasteiger partial charge on any atom is -0.486 e. The summed E-state index contributed by atoms with van der Waals surface area (Å²) in [7, 11) is 0. The number of carbonyl (C=O) groups excluding carboxylic acids is 1. The van der Waals surface area contributed by atoms with E-state index >= 15 is 0 Å². The number of aliphatic hydroxyl groups is 1. The summed E-state index contributed by atoms with van der Waals surface area (Å²) >= 11 is 6.51. The van der Waals surface area contributed by atoms with Gasteiger partial charge < -0.3 is 15.2 Å². The van der Waals surface area contributed by atoms with Crippen LogP contribution in [0.5, 0.6) is 5.75 Å². The van der Waals surface area contributed by atoms with Crippen molar-refractivity contribution in [2.24, 2.45) is 22.7 Å². The molecule has 2 heterocycles. The molecule has 152 valence electrons. The zero-order valence-corrected chi connectivity index (χ0v) is 17.9. The van der Waals surface area contributed by atoms with Gasteiger partial charge in [-0.15, -0.1) is 0 Å². The normalized spacial score (nSPS) is 40.5. The van der Waals surface area contributed by atoms with Crippen molar-refractivity contribution < 1.29 is 14.6 Å². The molecule has 5 unspecified atom stereocenters. The Balaban J connectivity index is 1.74. The van der Waals surface area contributed by atoms with Crippen LogP contribution in [0, 0.1) is 22.7 Å². The highest BCUT2D eigenvalue weighted by Crippen LogP contribution is 2.66. The number of amides is 1. The Bertz CT molecular complexity index is 881. The van der Waals surface area contributed by atoms with Crippen molar-refractivity contribution in [3.8, 4) is 5.75 Å². The van der Waals surface area contributed by atoms with Crippen LogP contribution in [0.1, 0.15) is 74.9 Å². The van der Waals surface area contributed by atoms with E-state index in [0.29, 0.717) is 35.4 Å². The number of benzene rings is 1. The molecule has 4 aliphatic rings. The molecule has 2 saturated carbocycles. The first-order valence-electron chi connectivity index (χ1n) is 10.6. The number of aliphatic hydroxyl groups excluding tert-OH is 1. The Morgan fingerprint density at radius 3 is 2.75 bits per heavy atom. The highest BCUT2D eigenvalue weighted by molar-refractivity contribution is 6.34. The first kappa shape index (κ1) is 18.7. The van der Waals surface area contributed by atoms with Crippen molar-refractivity contribution >= 4 is 17.5 Å². The van der Waals surface area contributed by atoms with E-state index in [4.69, 9.17) is 16.3 Å². The molecule has 2 aliphatic carbocycles. The molecule has 5 rings (SSSR count). The molecular formula is C23H30ClNO3. The zero-order chi connectivity index (χ0) is 20.1. The maximum absolute atomic E-state index is 12.3. The quantitative estimate of drug-likeness (QED) is 0.670. The number of carbonyl (C=O) groups is 1. The van der Waals surface area contributed by atoms with Gasteiger partial charge in [0, 0.05) is 29.9 Å². The summed E-state index contributed by atoms with van der Waals surface area (Å²) in [6, 6.07) is 1.94. The van der Waals surface area contributed by atoms with Crippen molar-refractivity contribution in [2.45, 2.75) is 78.0 Å². The zero-order valence-electron chi connectivity index (χ0n) is 17.2. The lowest BCUT2D eigenvalue weighted by atomic mass is 9.44. The fourth-order valence-electron chi connectivity index (χ4n) is 7.16. The van der Waals surface area contributed by atoms with Crippen LogP contribution in [0.3, 0.4) is 0 Å². The molecule has 1 amide bonds. The van der Waals surface area contributed by atoms with Gasteiger partial charge in [-0.25, -0.2) is 0 Å². The van der Waals surface area contributed by atoms with Gasteiger partial charge in [0.25, 0.3) is 5.91 Å². The summed E-state index contributed by atoms with van der Waals surface area (Å²) < 4.78 is 7.04. The maximum atomic E-state index is 12.3. The lowest BCUT2D eigenvalue weighted by molar-refractivity contribution is -0.229. The largest absolute Gasteiger partial charge is 0.486 e. The van der Waals surface area contributed by atoms with Gasteiger partial charge in [-0.05, 0) is 48.6 Å². The Kier molecular flexibility index (Phi) is 3.79. The van der Waals surface area contributed by atoms with Crippen molar-refractivity contribution in [2.75, 3.05) is 0 Å². The minimum atomic E-state index is -0.411. The third kappa shape index (κ3) is 2.19. The lowest BCUT2D eigenvalue weighted by Gasteiger charge is -2.66. The second kappa shape index (κ2) is 5.66. The number of fused-ring (bicyclic) bond motifs is 3. The Morgan fingerprint density at radius 1 is 1.25 bits per heavy atom. The molecule has 4 nitrogen and oxygen atoms in total. The van der Waals surface area contributed by atoms with Gasteiger partial charge in [0.1, 0.15) is 11.4 Å². The molecule has 0 radical (unpaired) electrons. The molecule has 1 spiro atoms. The van der Waals surface area contributed by atoms with Gasteiger partial charge in [-0.3, -0.25) is 4.79 Å². The molecule has 5 atom stereocenters. The Labute approximate surface area is 172 Å². The summed E-state index contributed by atoms with van der Waals surface area (Å²) in [5.74, 6) is 1.60. The molecular weight excluding hydrogens is 374 g/mol. The molecule has 1 aromatic rings. The average Bonchev–Trinajstić information content (AvgIpc) is 2.97. The van der Waals surface area contributed by atoms with Gasteiger partial charge in [0.2, 0.25) is 0 Å². The van der Waals surface area contributed by atoms with Crippen LogP contribution in [0.15, 0.2) is 6.07 Å². The van der Waals surface area contributed by atoms with Gasteiger partial charge in [0.05, 0.1) is 16.7 Å². The van der Waals surface area contributed by atoms with E-state index in [9.17, 15) is 9.90 Å². The fourth-order valence-corrected chi connectivity index (χ4v) is 7.49. The van der Waals surface area contributed by atoms with E-state index in [1.54, 1.807) is 0 Å². The minimum absolute atomic E-state index is 0.0141. The van der Waals surface area contributed by atoms with Gasteiger partial charge in [-0.2, -0.15) is 0 Å². The summed E-state index contributed by atoms with van der Waals surface area (Å²) in [6.45, 7) is 9.73. The third-order valence-corrected chi connectivity index (χ3v) is 8.95. The molecule has 0 saturated heterocycles. The van der Waals surface area contributed by atoms with E-state index in [0.717, 1.165) is 36.1 Å². The second-order valence-corrected chi connectivity index (χ2v) is 11.0. The lowest BCUT2D eigenvalue weighted by Crippen LogP contribution is -2.70. The maximum Gasteiger partial charge on any atom is 0.253 e. The number of ether oxygens (including phenoxy) is 1. The predicted molar refractivity (Wildman–Crippen MR) is 109 cm³/mol. The summed E-state index contributed by atoms with van der Waals surface area (Å²) in [5.41, 5.74) is 2.11. The fraction of sp³-hybridized carbons (Fsp3) is 0.696. The van der Waals surface area contributed by atoms with E-state index in [2.05, 4.69) is 33.0 Å². The average molecular weight is 404 g/mol. The Morgan fingerprint density at radius 2 is 2.00 bits per heavy atom. The van der Waals surface area contributed by atoms with Crippen molar-refractivity contribution in [1.29, 1.82) is 0 Å². The number of halogens is 1. The Hall–Kier alpha value is -1.26. The standard InChI is InChI=1S/C23H30ClNO3/c1-12-5-6-17-21(2,3)9-14(26)10-23(17)22(12,4)8-13-7-16(24)18-15(19(13)28-23)11-25-20(18)27/h7,12,14,17,26H,5-6,8-11H2,1-4H3,(H,25,27). The summed E-state index contributed by atoms with van der Waals surface area (Å²) in [6.07, 6.45) is 4.30. The van der Waals surface area contributed by atoms with Gasteiger partial charge in [0.15, 0.2) is 0 Å². The van der Waals surface area contributed by atoms with E-state index in [-0.39, 0.29) is 22.8 Å². The van der Waals surface area contributed by atoms with E-state index in [1.165, 1.54) is 6.42 Å². The first-order chi connectivity index (χ1) is 13.1. The van der Waals surface area contributed by atoms with Crippen molar-refractivity contribution in [3.05, 3.63) is 27.8 Å². The van der Waals surface area contributed by atoms with E-state index in [1.807, 2.05) is 6.07 Å².